The second-order valence-corrected chi connectivity index (χ2v) is 6.35. The lowest BCUT2D eigenvalue weighted by atomic mass is 10.1. The molecule has 0 bridgehead atoms. The summed E-state index contributed by atoms with van der Waals surface area (Å²) in [6.45, 7) is 4.07. The van der Waals surface area contributed by atoms with Crippen LogP contribution in [0.25, 0.3) is 15.8 Å². The van der Waals surface area contributed by atoms with Gasteiger partial charge in [-0.05, 0) is 23.8 Å². The molecule has 0 N–H and O–H groups in total. The summed E-state index contributed by atoms with van der Waals surface area (Å²) in [5.41, 5.74) is 2.94. The molecule has 3 aromatic rings. The largest absolute Gasteiger partial charge is 0.298 e. The number of carbonyl (C=O) groups excluding carboxylic acids is 1. The van der Waals surface area contributed by atoms with Gasteiger partial charge in [0.1, 0.15) is 16.8 Å². The Morgan fingerprint density at radius 1 is 1.24 bits per heavy atom. The Kier molecular flexibility index (Phi) is 3.81. The van der Waals surface area contributed by atoms with E-state index in [0.29, 0.717) is 21.1 Å². The monoisotopic (exact) mass is 333 g/mol. The van der Waals surface area contributed by atoms with E-state index in [-0.39, 0.29) is 0 Å². The first-order valence-electron chi connectivity index (χ1n) is 6.09. The van der Waals surface area contributed by atoms with Crippen LogP contribution in [0.5, 0.6) is 0 Å². The van der Waals surface area contributed by atoms with Crippen LogP contribution in [-0.4, -0.2) is 11.3 Å². The highest BCUT2D eigenvalue weighted by Gasteiger charge is 2.12. The lowest BCUT2D eigenvalue weighted by molar-refractivity contribution is 0.112. The fraction of sp³-hybridized carbons (Fsp3) is 0. The first-order chi connectivity index (χ1) is 10.1. The van der Waals surface area contributed by atoms with Crippen LogP contribution >= 0.6 is 34.5 Å². The van der Waals surface area contributed by atoms with Crippen molar-refractivity contribution in [3.8, 4) is 0 Å². The van der Waals surface area contributed by atoms with Crippen LogP contribution in [0.2, 0.25) is 10.0 Å². The molecule has 1 heterocycles. The number of rotatable bonds is 3. The summed E-state index contributed by atoms with van der Waals surface area (Å²) >= 11 is 13.6. The highest BCUT2D eigenvalue weighted by Crippen LogP contribution is 2.35. The number of hydrogen-bond acceptors (Lipinski definition) is 3. The molecule has 0 aliphatic heterocycles. The molecule has 0 spiro atoms. The fourth-order valence-corrected chi connectivity index (χ4v) is 3.69. The van der Waals surface area contributed by atoms with Gasteiger partial charge in [-0.1, -0.05) is 48.0 Å². The highest BCUT2D eigenvalue weighted by atomic mass is 35.5. The smallest absolute Gasteiger partial charge is 0.150 e. The molecule has 104 valence electrons. The molecule has 0 fully saturated rings. The topological polar surface area (TPSA) is 30.0 Å². The van der Waals surface area contributed by atoms with Crippen LogP contribution in [0, 0.1) is 0 Å². The molecule has 0 unspecified atom stereocenters. The molecule has 2 aromatic carbocycles. The van der Waals surface area contributed by atoms with E-state index in [4.69, 9.17) is 23.2 Å². The van der Waals surface area contributed by atoms with E-state index in [9.17, 15) is 4.79 Å². The van der Waals surface area contributed by atoms with Crippen molar-refractivity contribution >= 4 is 56.6 Å². The second-order valence-electron chi connectivity index (χ2n) is 4.48. The lowest BCUT2D eigenvalue weighted by Gasteiger charge is -2.02. The Bertz CT molecular complexity index is 870. The molecule has 0 saturated carbocycles. The summed E-state index contributed by atoms with van der Waals surface area (Å²) in [5.74, 6) is 0. The fourth-order valence-electron chi connectivity index (χ4n) is 2.01. The molecule has 3 rings (SSSR count). The quantitative estimate of drug-likeness (QED) is 0.594. The summed E-state index contributed by atoms with van der Waals surface area (Å²) in [4.78, 5) is 15.4. The van der Waals surface area contributed by atoms with Crippen molar-refractivity contribution in [2.75, 3.05) is 0 Å². The number of nitrogens with zero attached hydrogens (tertiary/aromatic N) is 1. The lowest BCUT2D eigenvalue weighted by Crippen LogP contribution is -1.87. The molecule has 0 saturated heterocycles. The van der Waals surface area contributed by atoms with Gasteiger partial charge in [-0.25, -0.2) is 4.98 Å². The van der Waals surface area contributed by atoms with Gasteiger partial charge in [0.2, 0.25) is 0 Å². The van der Waals surface area contributed by atoms with Crippen LogP contribution < -0.4 is 0 Å². The number of aromatic nitrogens is 1. The van der Waals surface area contributed by atoms with Crippen molar-refractivity contribution in [3.63, 3.8) is 0 Å². The molecule has 5 heteroatoms. The van der Waals surface area contributed by atoms with Gasteiger partial charge in [0.15, 0.2) is 0 Å². The van der Waals surface area contributed by atoms with Crippen LogP contribution in [0.3, 0.4) is 0 Å². The maximum absolute atomic E-state index is 10.9. The van der Waals surface area contributed by atoms with Gasteiger partial charge < -0.3 is 0 Å². The molecular weight excluding hydrogens is 325 g/mol. The normalized spacial score (nSPS) is 10.8. The summed E-state index contributed by atoms with van der Waals surface area (Å²) in [5, 5.41) is 1.86. The van der Waals surface area contributed by atoms with Gasteiger partial charge in [0.05, 0.1) is 9.72 Å². The van der Waals surface area contributed by atoms with Crippen molar-refractivity contribution in [1.82, 2.24) is 4.98 Å². The average Bonchev–Trinajstić information content (AvgIpc) is 2.90. The minimum atomic E-state index is 0.523. The average molecular weight is 334 g/mol. The predicted octanol–water partition coefficient (Wildman–Crippen LogP) is 5.48. The molecule has 0 radical (unpaired) electrons. The van der Waals surface area contributed by atoms with Crippen LogP contribution in [0.15, 0.2) is 43.0 Å². The zero-order chi connectivity index (χ0) is 15.0. The van der Waals surface area contributed by atoms with Gasteiger partial charge in [-0.2, -0.15) is 0 Å². The summed E-state index contributed by atoms with van der Waals surface area (Å²) < 4.78 is 0.912. The predicted molar refractivity (Wildman–Crippen MR) is 89.6 cm³/mol. The molecule has 0 atom stereocenters. The van der Waals surface area contributed by atoms with Crippen LogP contribution in [-0.2, 0) is 0 Å². The first-order valence-corrected chi connectivity index (χ1v) is 7.66. The van der Waals surface area contributed by atoms with Gasteiger partial charge in [-0.3, -0.25) is 4.79 Å². The maximum Gasteiger partial charge on any atom is 0.150 e. The molecule has 21 heavy (non-hydrogen) atoms. The standard InChI is InChI=1S/C16H9Cl2NOS/c1-9(11-4-2-3-10(5-11)8-20)16-19-15-13(18)6-12(17)7-14(15)21-16/h2-8H,1H2. The third kappa shape index (κ3) is 2.72. The van der Waals surface area contributed by atoms with E-state index in [0.717, 1.165) is 27.1 Å². The van der Waals surface area contributed by atoms with Crippen molar-refractivity contribution in [3.05, 3.63) is 69.2 Å². The maximum atomic E-state index is 10.9. The van der Waals surface area contributed by atoms with Crippen molar-refractivity contribution in [1.29, 1.82) is 0 Å². The zero-order valence-electron chi connectivity index (χ0n) is 10.8. The van der Waals surface area contributed by atoms with Gasteiger partial charge in [0, 0.05) is 16.2 Å². The number of halogens is 2. The number of aldehydes is 1. The second kappa shape index (κ2) is 5.60. The number of fused-ring (bicyclic) bond motifs is 1. The summed E-state index contributed by atoms with van der Waals surface area (Å²) in [7, 11) is 0. The number of hydrogen-bond donors (Lipinski definition) is 0. The molecular formula is C16H9Cl2NOS. The molecule has 0 amide bonds. The Morgan fingerprint density at radius 2 is 2.05 bits per heavy atom. The van der Waals surface area contributed by atoms with E-state index >= 15 is 0 Å². The Balaban J connectivity index is 2.09. The molecule has 1 aromatic heterocycles. The van der Waals surface area contributed by atoms with Crippen LogP contribution in [0.1, 0.15) is 20.9 Å². The van der Waals surface area contributed by atoms with Crippen molar-refractivity contribution in [2.45, 2.75) is 0 Å². The minimum Gasteiger partial charge on any atom is -0.298 e. The third-order valence-corrected chi connectivity index (χ3v) is 4.61. The van der Waals surface area contributed by atoms with Gasteiger partial charge in [-0.15, -0.1) is 11.3 Å². The number of benzene rings is 2. The molecule has 2 nitrogen and oxygen atoms in total. The van der Waals surface area contributed by atoms with Gasteiger partial charge >= 0.3 is 0 Å². The van der Waals surface area contributed by atoms with Crippen LogP contribution in [0.4, 0.5) is 0 Å². The minimum absolute atomic E-state index is 0.523. The molecule has 0 aliphatic rings. The van der Waals surface area contributed by atoms with Crippen molar-refractivity contribution < 1.29 is 4.79 Å². The summed E-state index contributed by atoms with van der Waals surface area (Å²) in [6.07, 6.45) is 0.811. The van der Waals surface area contributed by atoms with E-state index in [2.05, 4.69) is 11.6 Å². The zero-order valence-corrected chi connectivity index (χ0v) is 13.1. The van der Waals surface area contributed by atoms with E-state index in [1.54, 1.807) is 18.2 Å². The first kappa shape index (κ1) is 14.3. The molecule has 0 aliphatic carbocycles. The third-order valence-electron chi connectivity index (χ3n) is 3.04. The van der Waals surface area contributed by atoms with E-state index < -0.39 is 0 Å². The highest BCUT2D eigenvalue weighted by molar-refractivity contribution is 7.19. The Morgan fingerprint density at radius 3 is 2.81 bits per heavy atom. The Hall–Kier alpha value is -1.68. The Labute approximate surface area is 135 Å². The number of carbonyl (C=O) groups is 1. The SMILES string of the molecule is C=C(c1cccc(C=O)c1)c1nc2c(Cl)cc(Cl)cc2s1. The summed E-state index contributed by atoms with van der Waals surface area (Å²) in [6, 6.07) is 10.8. The van der Waals surface area contributed by atoms with Crippen molar-refractivity contribution in [2.24, 2.45) is 0 Å². The van der Waals surface area contributed by atoms with Gasteiger partial charge in [0.25, 0.3) is 0 Å². The van der Waals surface area contributed by atoms with E-state index in [1.165, 1.54) is 11.3 Å². The van der Waals surface area contributed by atoms with E-state index in [1.807, 2.05) is 18.2 Å². The number of thiazole rings is 1.